The molecular weight excluding hydrogens is 173 g/mol. The molecule has 68 valence electrons. The number of benzene rings is 1. The topological polar surface area (TPSA) is 38.3 Å². The molecule has 0 aromatic heterocycles. The molecule has 1 amide bonds. The van der Waals surface area contributed by atoms with Gasteiger partial charge in [0.1, 0.15) is 5.82 Å². The smallest absolute Gasteiger partial charge is 0.254 e. The molecule has 1 aromatic rings. The molecule has 13 heavy (non-hydrogen) atoms. The summed E-state index contributed by atoms with van der Waals surface area (Å²) >= 11 is 0. The van der Waals surface area contributed by atoms with Gasteiger partial charge in [-0.25, -0.2) is 4.39 Å². The summed E-state index contributed by atoms with van der Waals surface area (Å²) in [6.07, 6.45) is -0.649. The van der Waals surface area contributed by atoms with Gasteiger partial charge in [0.15, 0.2) is 6.23 Å². The third-order valence-corrected chi connectivity index (χ3v) is 2.06. The second-order valence-corrected chi connectivity index (χ2v) is 2.79. The molecule has 1 unspecified atom stereocenters. The van der Waals surface area contributed by atoms with Gasteiger partial charge in [0, 0.05) is 12.7 Å². The highest BCUT2D eigenvalue weighted by atomic mass is 19.1. The molecule has 0 bridgehead atoms. The predicted molar refractivity (Wildman–Crippen MR) is 43.6 cm³/mol. The number of rotatable bonds is 1. The largest absolute Gasteiger partial charge is 0.357 e. The van der Waals surface area contributed by atoms with Crippen LogP contribution in [0.5, 0.6) is 0 Å². The van der Waals surface area contributed by atoms with E-state index in [1.807, 2.05) is 0 Å². The van der Waals surface area contributed by atoms with Gasteiger partial charge in [-0.2, -0.15) is 0 Å². The molecule has 3 nitrogen and oxygen atoms in total. The summed E-state index contributed by atoms with van der Waals surface area (Å²) in [5.41, 5.74) is 0.654. The maximum atomic E-state index is 13.2. The van der Waals surface area contributed by atoms with Crippen molar-refractivity contribution in [2.45, 2.75) is 6.23 Å². The molecule has 2 rings (SSSR count). The van der Waals surface area contributed by atoms with Crippen LogP contribution in [0.1, 0.15) is 22.1 Å². The molecular formula is C9H8FNO2. The van der Waals surface area contributed by atoms with E-state index in [-0.39, 0.29) is 5.91 Å². The third kappa shape index (κ3) is 1.10. The molecule has 0 aliphatic carbocycles. The fourth-order valence-electron chi connectivity index (χ4n) is 1.45. The second kappa shape index (κ2) is 2.81. The van der Waals surface area contributed by atoms with Crippen LogP contribution in [0.15, 0.2) is 18.2 Å². The van der Waals surface area contributed by atoms with E-state index in [9.17, 15) is 9.18 Å². The summed E-state index contributed by atoms with van der Waals surface area (Å²) in [6, 6.07) is 4.39. The monoisotopic (exact) mass is 181 g/mol. The van der Waals surface area contributed by atoms with Crippen molar-refractivity contribution >= 4 is 5.91 Å². The molecule has 0 saturated heterocycles. The summed E-state index contributed by atoms with van der Waals surface area (Å²) in [5, 5.41) is 2.51. The average Bonchev–Trinajstić information content (AvgIpc) is 2.45. The number of hydrogen-bond donors (Lipinski definition) is 1. The average molecular weight is 181 g/mol. The van der Waals surface area contributed by atoms with Crippen LogP contribution < -0.4 is 5.32 Å². The highest BCUT2D eigenvalue weighted by Crippen LogP contribution is 2.27. The number of ether oxygens (including phenoxy) is 1. The van der Waals surface area contributed by atoms with E-state index < -0.39 is 12.0 Å². The van der Waals surface area contributed by atoms with E-state index in [1.165, 1.54) is 19.2 Å². The van der Waals surface area contributed by atoms with Crippen LogP contribution in [0, 0.1) is 5.82 Å². The van der Waals surface area contributed by atoms with Gasteiger partial charge in [-0.1, -0.05) is 6.07 Å². The molecule has 0 saturated carbocycles. The van der Waals surface area contributed by atoms with Gasteiger partial charge in [-0.15, -0.1) is 0 Å². The third-order valence-electron chi connectivity index (χ3n) is 2.06. The molecule has 1 N–H and O–H groups in total. The lowest BCUT2D eigenvalue weighted by molar-refractivity contribution is 0.0654. The van der Waals surface area contributed by atoms with Crippen molar-refractivity contribution in [3.63, 3.8) is 0 Å². The summed E-state index contributed by atoms with van der Waals surface area (Å²) in [6.45, 7) is 0. The SMILES string of the molecule is COC1NC(=O)c2cccc(F)c21. The van der Waals surface area contributed by atoms with Crippen LogP contribution >= 0.6 is 0 Å². The van der Waals surface area contributed by atoms with Crippen molar-refractivity contribution in [3.05, 3.63) is 35.1 Å². The van der Waals surface area contributed by atoms with E-state index in [0.29, 0.717) is 11.1 Å². The minimum atomic E-state index is -0.649. The lowest BCUT2D eigenvalue weighted by Crippen LogP contribution is -2.20. The molecule has 1 aliphatic rings. The standard InChI is InChI=1S/C9H8FNO2/c1-13-9-7-5(8(12)11-9)3-2-4-6(7)10/h2-4,9H,1H3,(H,11,12). The van der Waals surface area contributed by atoms with Crippen LogP contribution in [0.3, 0.4) is 0 Å². The highest BCUT2D eigenvalue weighted by molar-refractivity contribution is 5.98. The Morgan fingerprint density at radius 2 is 2.31 bits per heavy atom. The maximum Gasteiger partial charge on any atom is 0.254 e. The fourth-order valence-corrected chi connectivity index (χ4v) is 1.45. The molecule has 0 fully saturated rings. The number of fused-ring (bicyclic) bond motifs is 1. The molecule has 0 radical (unpaired) electrons. The first kappa shape index (κ1) is 8.19. The normalized spacial score (nSPS) is 19.8. The van der Waals surface area contributed by atoms with Gasteiger partial charge in [0.25, 0.3) is 5.91 Å². The van der Waals surface area contributed by atoms with Crippen molar-refractivity contribution in [2.24, 2.45) is 0 Å². The summed E-state index contributed by atoms with van der Waals surface area (Å²) < 4.78 is 18.1. The molecule has 0 spiro atoms. The van der Waals surface area contributed by atoms with Gasteiger partial charge in [0.05, 0.1) is 5.56 Å². The first-order valence-corrected chi connectivity index (χ1v) is 3.86. The molecule has 1 aromatic carbocycles. The number of hydrogen-bond acceptors (Lipinski definition) is 2. The summed E-state index contributed by atoms with van der Waals surface area (Å²) in [5.74, 6) is -0.705. The van der Waals surface area contributed by atoms with Crippen molar-refractivity contribution < 1.29 is 13.9 Å². The lowest BCUT2D eigenvalue weighted by atomic mass is 10.1. The molecule has 1 aliphatic heterocycles. The number of nitrogens with one attached hydrogen (secondary N) is 1. The minimum Gasteiger partial charge on any atom is -0.357 e. The van der Waals surface area contributed by atoms with E-state index in [2.05, 4.69) is 5.32 Å². The quantitative estimate of drug-likeness (QED) is 0.707. The Balaban J connectivity index is 2.58. The molecule has 1 heterocycles. The van der Waals surface area contributed by atoms with Crippen LogP contribution in [-0.2, 0) is 4.74 Å². The maximum absolute atomic E-state index is 13.2. The Kier molecular flexibility index (Phi) is 1.77. The Bertz CT molecular complexity index is 365. The highest BCUT2D eigenvalue weighted by Gasteiger charge is 2.30. The van der Waals surface area contributed by atoms with E-state index in [0.717, 1.165) is 0 Å². The Labute approximate surface area is 74.5 Å². The fraction of sp³-hybridized carbons (Fsp3) is 0.222. The molecule has 4 heteroatoms. The second-order valence-electron chi connectivity index (χ2n) is 2.79. The van der Waals surface area contributed by atoms with Crippen LogP contribution in [0.25, 0.3) is 0 Å². The van der Waals surface area contributed by atoms with Gasteiger partial charge < -0.3 is 10.1 Å². The number of carbonyl (C=O) groups excluding carboxylic acids is 1. The van der Waals surface area contributed by atoms with E-state index in [1.54, 1.807) is 6.07 Å². The number of amides is 1. The van der Waals surface area contributed by atoms with Gasteiger partial charge in [-0.05, 0) is 12.1 Å². The Morgan fingerprint density at radius 1 is 1.54 bits per heavy atom. The first-order chi connectivity index (χ1) is 6.24. The lowest BCUT2D eigenvalue weighted by Gasteiger charge is -2.08. The molecule has 1 atom stereocenters. The van der Waals surface area contributed by atoms with Crippen LogP contribution in [-0.4, -0.2) is 13.0 Å². The van der Waals surface area contributed by atoms with Crippen molar-refractivity contribution in [3.8, 4) is 0 Å². The van der Waals surface area contributed by atoms with Crippen molar-refractivity contribution in [1.82, 2.24) is 5.32 Å². The Hall–Kier alpha value is -1.42. The number of halogens is 1. The predicted octanol–water partition coefficient (Wildman–Crippen LogP) is 1.21. The zero-order valence-electron chi connectivity index (χ0n) is 7.00. The van der Waals surface area contributed by atoms with Gasteiger partial charge in [-0.3, -0.25) is 4.79 Å². The minimum absolute atomic E-state index is 0.290. The van der Waals surface area contributed by atoms with Crippen LogP contribution in [0.2, 0.25) is 0 Å². The number of methoxy groups -OCH3 is 1. The first-order valence-electron chi connectivity index (χ1n) is 3.86. The summed E-state index contributed by atoms with van der Waals surface area (Å²) in [4.78, 5) is 11.2. The summed E-state index contributed by atoms with van der Waals surface area (Å²) in [7, 11) is 1.42. The van der Waals surface area contributed by atoms with Gasteiger partial charge >= 0.3 is 0 Å². The van der Waals surface area contributed by atoms with Crippen LogP contribution in [0.4, 0.5) is 4.39 Å². The van der Waals surface area contributed by atoms with Crippen molar-refractivity contribution in [2.75, 3.05) is 7.11 Å². The zero-order chi connectivity index (χ0) is 9.42. The van der Waals surface area contributed by atoms with Crippen molar-refractivity contribution in [1.29, 1.82) is 0 Å². The Morgan fingerprint density at radius 3 is 3.00 bits per heavy atom. The van der Waals surface area contributed by atoms with E-state index >= 15 is 0 Å². The number of carbonyl (C=O) groups is 1. The zero-order valence-corrected chi connectivity index (χ0v) is 7.00. The van der Waals surface area contributed by atoms with Gasteiger partial charge in [0.2, 0.25) is 0 Å². The van der Waals surface area contributed by atoms with E-state index in [4.69, 9.17) is 4.74 Å².